The minimum Gasteiger partial charge on any atom is -0.314 e. The zero-order valence-corrected chi connectivity index (χ0v) is 15.1. The number of halogens is 4. The van der Waals surface area contributed by atoms with Gasteiger partial charge in [0.15, 0.2) is 0 Å². The van der Waals surface area contributed by atoms with E-state index in [0.29, 0.717) is 12.8 Å². The number of piperidine rings is 1. The standard InChI is InChI=1S/C16H20ClF3N2O2S/c17-14-3-1-2-13(16(18,19)20)15(14)25(23,24)22-8-6-12(7-9-22)21-10-11-4-5-11/h1-3,11-12,21H,4-10H2. The zero-order chi connectivity index (χ0) is 18.2. The van der Waals surface area contributed by atoms with E-state index in [-0.39, 0.29) is 19.1 Å². The Morgan fingerprint density at radius 2 is 1.80 bits per heavy atom. The number of rotatable bonds is 5. The van der Waals surface area contributed by atoms with Gasteiger partial charge in [0.2, 0.25) is 10.0 Å². The molecule has 2 fully saturated rings. The molecule has 0 atom stereocenters. The van der Waals surface area contributed by atoms with Crippen LogP contribution in [0.15, 0.2) is 23.1 Å². The Morgan fingerprint density at radius 1 is 1.16 bits per heavy atom. The molecular weight excluding hydrogens is 377 g/mol. The van der Waals surface area contributed by atoms with E-state index in [1.54, 1.807) is 0 Å². The van der Waals surface area contributed by atoms with Crippen LogP contribution in [0.3, 0.4) is 0 Å². The molecule has 140 valence electrons. The second-order valence-electron chi connectivity index (χ2n) is 6.64. The van der Waals surface area contributed by atoms with Gasteiger partial charge >= 0.3 is 6.18 Å². The lowest BCUT2D eigenvalue weighted by Gasteiger charge is -2.32. The zero-order valence-electron chi connectivity index (χ0n) is 13.5. The monoisotopic (exact) mass is 396 g/mol. The van der Waals surface area contributed by atoms with Gasteiger partial charge < -0.3 is 5.32 Å². The first kappa shape index (κ1) is 18.9. The summed E-state index contributed by atoms with van der Waals surface area (Å²) in [5.74, 6) is 0.722. The molecule has 0 unspecified atom stereocenters. The van der Waals surface area contributed by atoms with Gasteiger partial charge in [0.25, 0.3) is 0 Å². The van der Waals surface area contributed by atoms with E-state index in [0.717, 1.165) is 28.9 Å². The summed E-state index contributed by atoms with van der Waals surface area (Å²) < 4.78 is 66.3. The van der Waals surface area contributed by atoms with Crippen molar-refractivity contribution in [3.8, 4) is 0 Å². The fourth-order valence-corrected chi connectivity index (χ4v) is 5.27. The molecule has 0 spiro atoms. The van der Waals surface area contributed by atoms with Gasteiger partial charge in [-0.05, 0) is 50.3 Å². The average Bonchev–Trinajstić information content (AvgIpc) is 3.36. The normalized spacial score (nSPS) is 20.8. The van der Waals surface area contributed by atoms with Crippen molar-refractivity contribution in [2.45, 2.75) is 42.8 Å². The van der Waals surface area contributed by atoms with Crippen molar-refractivity contribution in [1.82, 2.24) is 9.62 Å². The van der Waals surface area contributed by atoms with E-state index >= 15 is 0 Å². The van der Waals surface area contributed by atoms with Crippen LogP contribution >= 0.6 is 11.6 Å². The highest BCUT2D eigenvalue weighted by atomic mass is 35.5. The highest BCUT2D eigenvalue weighted by Gasteiger charge is 2.41. The molecule has 9 heteroatoms. The third-order valence-electron chi connectivity index (χ3n) is 4.72. The van der Waals surface area contributed by atoms with Crippen molar-refractivity contribution in [1.29, 1.82) is 0 Å². The summed E-state index contributed by atoms with van der Waals surface area (Å²) in [6.07, 6.45) is -1.16. The predicted molar refractivity (Wildman–Crippen MR) is 89.0 cm³/mol. The van der Waals surface area contributed by atoms with Crippen molar-refractivity contribution in [2.75, 3.05) is 19.6 Å². The van der Waals surface area contributed by atoms with Crippen molar-refractivity contribution >= 4 is 21.6 Å². The molecule has 25 heavy (non-hydrogen) atoms. The molecule has 0 radical (unpaired) electrons. The Morgan fingerprint density at radius 3 is 2.36 bits per heavy atom. The number of nitrogens with zero attached hydrogens (tertiary/aromatic N) is 1. The highest BCUT2D eigenvalue weighted by molar-refractivity contribution is 7.89. The van der Waals surface area contributed by atoms with Gasteiger partial charge in [-0.25, -0.2) is 8.42 Å². The third-order valence-corrected chi connectivity index (χ3v) is 7.14. The SMILES string of the molecule is O=S(=O)(c1c(Cl)cccc1C(F)(F)F)N1CCC(NCC2CC2)CC1. The highest BCUT2D eigenvalue weighted by Crippen LogP contribution is 2.39. The lowest BCUT2D eigenvalue weighted by molar-refractivity contribution is -0.139. The number of hydrogen-bond acceptors (Lipinski definition) is 3. The maximum absolute atomic E-state index is 13.2. The van der Waals surface area contributed by atoms with Gasteiger partial charge in [-0.1, -0.05) is 17.7 Å². The largest absolute Gasteiger partial charge is 0.417 e. The van der Waals surface area contributed by atoms with Crippen LogP contribution in [-0.2, 0) is 16.2 Å². The lowest BCUT2D eigenvalue weighted by atomic mass is 10.1. The molecule has 1 aliphatic heterocycles. The minimum absolute atomic E-state index is 0.188. The molecule has 3 rings (SSSR count). The summed E-state index contributed by atoms with van der Waals surface area (Å²) in [6.45, 7) is 1.31. The maximum Gasteiger partial charge on any atom is 0.417 e. The van der Waals surface area contributed by atoms with Crippen molar-refractivity contribution < 1.29 is 21.6 Å². The number of alkyl halides is 3. The summed E-state index contributed by atoms with van der Waals surface area (Å²) in [4.78, 5) is -0.839. The summed E-state index contributed by atoms with van der Waals surface area (Å²) >= 11 is 5.84. The molecule has 0 aromatic heterocycles. The van der Waals surface area contributed by atoms with Crippen LogP contribution in [0.1, 0.15) is 31.2 Å². The number of hydrogen-bond donors (Lipinski definition) is 1. The Kier molecular flexibility index (Phi) is 5.35. The molecule has 1 saturated carbocycles. The van der Waals surface area contributed by atoms with Crippen LogP contribution in [0.5, 0.6) is 0 Å². The second kappa shape index (κ2) is 7.06. The summed E-state index contributed by atoms with van der Waals surface area (Å²) in [5, 5.41) is 3.02. The first-order chi connectivity index (χ1) is 11.7. The van der Waals surface area contributed by atoms with Crippen LogP contribution in [0.4, 0.5) is 13.2 Å². The predicted octanol–water partition coefficient (Wildman–Crippen LogP) is 3.51. The summed E-state index contributed by atoms with van der Waals surface area (Å²) in [7, 11) is -4.30. The molecule has 1 aliphatic carbocycles. The molecule has 1 heterocycles. The lowest BCUT2D eigenvalue weighted by Crippen LogP contribution is -2.45. The summed E-state index contributed by atoms with van der Waals surface area (Å²) in [6, 6.07) is 3.24. The number of benzene rings is 1. The van der Waals surface area contributed by atoms with Crippen LogP contribution in [0.2, 0.25) is 5.02 Å². The van der Waals surface area contributed by atoms with Crippen LogP contribution in [0, 0.1) is 5.92 Å². The smallest absolute Gasteiger partial charge is 0.314 e. The molecular formula is C16H20ClF3N2O2S. The second-order valence-corrected chi connectivity index (χ2v) is 8.93. The molecule has 2 aliphatic rings. The average molecular weight is 397 g/mol. The molecule has 1 aromatic rings. The minimum atomic E-state index is -4.78. The third kappa shape index (κ3) is 4.30. The number of sulfonamides is 1. The molecule has 4 nitrogen and oxygen atoms in total. The molecule has 1 saturated heterocycles. The van der Waals surface area contributed by atoms with Gasteiger partial charge in [-0.15, -0.1) is 0 Å². The fourth-order valence-electron chi connectivity index (χ4n) is 3.08. The molecule has 1 N–H and O–H groups in total. The van der Waals surface area contributed by atoms with E-state index in [2.05, 4.69) is 5.32 Å². The quantitative estimate of drug-likeness (QED) is 0.828. The van der Waals surface area contributed by atoms with Gasteiger partial charge in [0, 0.05) is 19.1 Å². The number of nitrogens with one attached hydrogen (secondary N) is 1. The Labute approximate surface area is 150 Å². The molecule has 0 amide bonds. The Bertz CT molecular complexity index is 727. The van der Waals surface area contributed by atoms with Crippen LogP contribution in [-0.4, -0.2) is 38.4 Å². The van der Waals surface area contributed by atoms with Crippen molar-refractivity contribution in [3.05, 3.63) is 28.8 Å². The molecule has 1 aromatic carbocycles. The van der Waals surface area contributed by atoms with E-state index in [9.17, 15) is 21.6 Å². The van der Waals surface area contributed by atoms with Crippen molar-refractivity contribution in [2.24, 2.45) is 5.92 Å². The van der Waals surface area contributed by atoms with Gasteiger partial charge in [0.05, 0.1) is 10.6 Å². The van der Waals surface area contributed by atoms with Crippen molar-refractivity contribution in [3.63, 3.8) is 0 Å². The summed E-state index contributed by atoms with van der Waals surface area (Å²) in [5.41, 5.74) is -1.21. The Hall–Kier alpha value is -0.830. The van der Waals surface area contributed by atoms with Crippen LogP contribution < -0.4 is 5.32 Å². The first-order valence-electron chi connectivity index (χ1n) is 8.29. The van der Waals surface area contributed by atoms with Gasteiger partial charge in [-0.3, -0.25) is 0 Å². The van der Waals surface area contributed by atoms with E-state index in [1.165, 1.54) is 18.9 Å². The topological polar surface area (TPSA) is 49.4 Å². The van der Waals surface area contributed by atoms with Crippen LogP contribution in [0.25, 0.3) is 0 Å². The maximum atomic E-state index is 13.2. The van der Waals surface area contributed by atoms with E-state index in [4.69, 9.17) is 11.6 Å². The fraction of sp³-hybridized carbons (Fsp3) is 0.625. The van der Waals surface area contributed by atoms with E-state index in [1.807, 2.05) is 0 Å². The van der Waals surface area contributed by atoms with E-state index < -0.39 is 31.7 Å². The van der Waals surface area contributed by atoms with Gasteiger partial charge in [-0.2, -0.15) is 17.5 Å². The first-order valence-corrected chi connectivity index (χ1v) is 10.1. The van der Waals surface area contributed by atoms with Gasteiger partial charge in [0.1, 0.15) is 4.90 Å². The Balaban J connectivity index is 1.76. The molecule has 0 bridgehead atoms.